The molecule has 1 amide bonds. The Hall–Kier alpha value is -2.84. The van der Waals surface area contributed by atoms with Gasteiger partial charge in [-0.15, -0.1) is 11.3 Å². The van der Waals surface area contributed by atoms with Crippen molar-refractivity contribution in [3.05, 3.63) is 47.0 Å². The van der Waals surface area contributed by atoms with E-state index < -0.39 is 0 Å². The van der Waals surface area contributed by atoms with Crippen LogP contribution in [0.3, 0.4) is 0 Å². The van der Waals surface area contributed by atoms with Crippen LogP contribution in [0.4, 0.5) is 0 Å². The number of carbonyl (C=O) groups excluding carboxylic acids is 1. The number of hydrogen-bond donors (Lipinski definition) is 3. The number of ether oxygens (including phenoxy) is 1. The highest BCUT2D eigenvalue weighted by atomic mass is 32.1. The summed E-state index contributed by atoms with van der Waals surface area (Å²) in [5, 5.41) is 9.14. The molecule has 0 saturated carbocycles. The van der Waals surface area contributed by atoms with Crippen LogP contribution in [0, 0.1) is 5.41 Å². The topological polar surface area (TPSA) is 98.4 Å². The van der Waals surface area contributed by atoms with E-state index >= 15 is 0 Å². The van der Waals surface area contributed by atoms with Gasteiger partial charge >= 0.3 is 0 Å². The molecule has 4 N–H and O–H groups in total. The number of aromatic amines is 1. The van der Waals surface area contributed by atoms with Crippen LogP contribution >= 0.6 is 11.3 Å². The Morgan fingerprint density at radius 1 is 1.29 bits per heavy atom. The molecular formula is C20H23N5O2S. The fourth-order valence-electron chi connectivity index (χ4n) is 3.35. The quantitative estimate of drug-likeness (QED) is 0.453. The minimum absolute atomic E-state index is 0.296. The van der Waals surface area contributed by atoms with Gasteiger partial charge in [-0.1, -0.05) is 0 Å². The van der Waals surface area contributed by atoms with Crippen LogP contribution in [0.2, 0.25) is 0 Å². The molecule has 0 spiro atoms. The normalized spacial score (nSPS) is 14.5. The summed E-state index contributed by atoms with van der Waals surface area (Å²) in [7, 11) is 1.47. The molecule has 1 aliphatic heterocycles. The smallest absolute Gasteiger partial charge is 0.276 e. The first-order chi connectivity index (χ1) is 13.5. The van der Waals surface area contributed by atoms with E-state index in [2.05, 4.69) is 16.0 Å². The number of amides is 1. The molecule has 28 heavy (non-hydrogen) atoms. The van der Waals surface area contributed by atoms with E-state index in [1.807, 2.05) is 24.3 Å². The van der Waals surface area contributed by atoms with Gasteiger partial charge in [0.05, 0.1) is 0 Å². The molecule has 146 valence electrons. The highest BCUT2D eigenvalue weighted by Crippen LogP contribution is 2.32. The number of rotatable bonds is 5. The molecule has 7 nitrogen and oxygen atoms in total. The average molecular weight is 398 g/mol. The summed E-state index contributed by atoms with van der Waals surface area (Å²) < 4.78 is 6.02. The van der Waals surface area contributed by atoms with Gasteiger partial charge in [0.25, 0.3) is 5.91 Å². The molecule has 1 fully saturated rings. The molecule has 0 unspecified atom stereocenters. The van der Waals surface area contributed by atoms with E-state index in [0.29, 0.717) is 11.4 Å². The third-order valence-corrected chi connectivity index (χ3v) is 5.87. The van der Waals surface area contributed by atoms with E-state index in [1.165, 1.54) is 37.9 Å². The summed E-state index contributed by atoms with van der Waals surface area (Å²) in [5.74, 6) is 0.0638. The third-order valence-electron chi connectivity index (χ3n) is 4.92. The summed E-state index contributed by atoms with van der Waals surface area (Å²) in [4.78, 5) is 20.3. The first-order valence-electron chi connectivity index (χ1n) is 9.23. The van der Waals surface area contributed by atoms with Crippen LogP contribution in [-0.2, 0) is 6.54 Å². The van der Waals surface area contributed by atoms with Crippen LogP contribution in [0.5, 0.6) is 10.8 Å². The number of nitrogens with zero attached hydrogens (tertiary/aromatic N) is 2. The second-order valence-corrected chi connectivity index (χ2v) is 8.12. The Bertz CT molecular complexity index is 1020. The Morgan fingerprint density at radius 2 is 2.07 bits per heavy atom. The summed E-state index contributed by atoms with van der Waals surface area (Å²) >= 11 is 1.66. The van der Waals surface area contributed by atoms with Gasteiger partial charge in [0.2, 0.25) is 0 Å². The van der Waals surface area contributed by atoms with E-state index in [1.54, 1.807) is 17.4 Å². The number of nitrogens with one attached hydrogen (secondary N) is 2. The number of fused-ring (bicyclic) bond motifs is 1. The lowest BCUT2D eigenvalue weighted by atomic mass is 10.2. The Morgan fingerprint density at radius 3 is 2.82 bits per heavy atom. The molecule has 1 aliphatic rings. The zero-order valence-corrected chi connectivity index (χ0v) is 16.5. The number of thiophene rings is 1. The number of carbonyl (C=O) groups is 1. The first kappa shape index (κ1) is 18.5. The molecule has 8 heteroatoms. The summed E-state index contributed by atoms with van der Waals surface area (Å²) in [6, 6.07) is 11.6. The summed E-state index contributed by atoms with van der Waals surface area (Å²) in [6.07, 6.45) is 2.58. The SMILES string of the molecule is CN(C(=N)N)C(=O)c1cc2ccc(Oc3ccc(CN4CCCC4)s3)cc2[nH]1. The number of aromatic nitrogens is 1. The van der Waals surface area contributed by atoms with Gasteiger partial charge in [-0.3, -0.25) is 20.0 Å². The molecule has 1 saturated heterocycles. The molecule has 1 aromatic carbocycles. The monoisotopic (exact) mass is 397 g/mol. The minimum Gasteiger partial charge on any atom is -0.447 e. The lowest BCUT2D eigenvalue weighted by Gasteiger charge is -2.12. The second-order valence-electron chi connectivity index (χ2n) is 6.99. The predicted octanol–water partition coefficient (Wildman–Crippen LogP) is 3.58. The number of likely N-dealkylation sites (tertiary alicyclic amines) is 1. The zero-order valence-electron chi connectivity index (χ0n) is 15.7. The molecule has 3 aromatic rings. The Kier molecular flexibility index (Phi) is 5.06. The van der Waals surface area contributed by atoms with Gasteiger partial charge in [-0.2, -0.15) is 0 Å². The highest BCUT2D eigenvalue weighted by Gasteiger charge is 2.17. The van der Waals surface area contributed by atoms with E-state index in [4.69, 9.17) is 15.9 Å². The van der Waals surface area contributed by atoms with Gasteiger partial charge in [0.1, 0.15) is 11.4 Å². The van der Waals surface area contributed by atoms with Crippen LogP contribution in [0.1, 0.15) is 28.2 Å². The molecule has 0 bridgehead atoms. The van der Waals surface area contributed by atoms with Crippen LogP contribution in [-0.4, -0.2) is 46.8 Å². The van der Waals surface area contributed by atoms with E-state index in [9.17, 15) is 4.79 Å². The van der Waals surface area contributed by atoms with Gasteiger partial charge < -0.3 is 15.5 Å². The maximum absolute atomic E-state index is 12.3. The fraction of sp³-hybridized carbons (Fsp3) is 0.300. The lowest BCUT2D eigenvalue weighted by Crippen LogP contribution is -2.38. The fourth-order valence-corrected chi connectivity index (χ4v) is 4.27. The van der Waals surface area contributed by atoms with Crippen molar-refractivity contribution < 1.29 is 9.53 Å². The van der Waals surface area contributed by atoms with Crippen molar-refractivity contribution in [3.8, 4) is 10.8 Å². The zero-order chi connectivity index (χ0) is 19.7. The predicted molar refractivity (Wildman–Crippen MR) is 111 cm³/mol. The Balaban J connectivity index is 1.48. The molecule has 0 atom stereocenters. The number of hydrogen-bond acceptors (Lipinski definition) is 5. The van der Waals surface area contributed by atoms with E-state index in [0.717, 1.165) is 27.4 Å². The van der Waals surface area contributed by atoms with Gasteiger partial charge in [0, 0.05) is 35.4 Å². The number of nitrogens with two attached hydrogens (primary N) is 1. The van der Waals surface area contributed by atoms with Crippen LogP contribution in [0.25, 0.3) is 10.9 Å². The van der Waals surface area contributed by atoms with Crippen molar-refractivity contribution in [1.82, 2.24) is 14.8 Å². The number of H-pyrrole nitrogens is 1. The van der Waals surface area contributed by atoms with Gasteiger partial charge in [-0.05, 0) is 56.3 Å². The van der Waals surface area contributed by atoms with Crippen molar-refractivity contribution >= 4 is 34.1 Å². The second kappa shape index (κ2) is 7.65. The van der Waals surface area contributed by atoms with Gasteiger partial charge in [0.15, 0.2) is 11.0 Å². The van der Waals surface area contributed by atoms with E-state index in [-0.39, 0.29) is 11.9 Å². The van der Waals surface area contributed by atoms with Crippen molar-refractivity contribution in [2.24, 2.45) is 5.73 Å². The molecule has 4 rings (SSSR count). The van der Waals surface area contributed by atoms with Crippen molar-refractivity contribution in [2.45, 2.75) is 19.4 Å². The molecule has 3 heterocycles. The first-order valence-corrected chi connectivity index (χ1v) is 10.0. The van der Waals surface area contributed by atoms with Crippen molar-refractivity contribution in [3.63, 3.8) is 0 Å². The maximum Gasteiger partial charge on any atom is 0.276 e. The average Bonchev–Trinajstić information content (AvgIpc) is 3.41. The van der Waals surface area contributed by atoms with Gasteiger partial charge in [-0.25, -0.2) is 0 Å². The van der Waals surface area contributed by atoms with Crippen molar-refractivity contribution in [1.29, 1.82) is 5.41 Å². The van der Waals surface area contributed by atoms with Crippen LogP contribution < -0.4 is 10.5 Å². The minimum atomic E-state index is -0.351. The number of benzene rings is 1. The third kappa shape index (κ3) is 3.88. The molecular weight excluding hydrogens is 374 g/mol. The lowest BCUT2D eigenvalue weighted by molar-refractivity contribution is 0.0864. The Labute approximate surface area is 167 Å². The standard InChI is InChI=1S/C20H23N5O2S/c1-24(20(21)22)19(26)17-10-13-4-5-14(11-16(13)23-17)27-18-7-6-15(28-18)12-25-8-2-3-9-25/h4-7,10-11,23H,2-3,8-9,12H2,1H3,(H3,21,22). The highest BCUT2D eigenvalue weighted by molar-refractivity contribution is 7.13. The summed E-state index contributed by atoms with van der Waals surface area (Å²) in [5.41, 5.74) is 6.57. The largest absolute Gasteiger partial charge is 0.447 e. The molecule has 2 aromatic heterocycles. The maximum atomic E-state index is 12.3. The summed E-state index contributed by atoms with van der Waals surface area (Å²) in [6.45, 7) is 3.34. The van der Waals surface area contributed by atoms with Crippen molar-refractivity contribution in [2.75, 3.05) is 20.1 Å². The number of guanidine groups is 1. The molecule has 0 aliphatic carbocycles. The molecule has 0 radical (unpaired) electrons. The van der Waals surface area contributed by atoms with Crippen LogP contribution in [0.15, 0.2) is 36.4 Å².